The van der Waals surface area contributed by atoms with Crippen molar-refractivity contribution in [3.05, 3.63) is 0 Å². The molecule has 0 spiro atoms. The van der Waals surface area contributed by atoms with Gasteiger partial charge in [0.2, 0.25) is 0 Å². The maximum absolute atomic E-state index is 9.25. The molecule has 3 nitrogen and oxygen atoms in total. The van der Waals surface area contributed by atoms with Gasteiger partial charge in [0.15, 0.2) is 0 Å². The van der Waals surface area contributed by atoms with Crippen molar-refractivity contribution in [2.24, 2.45) is 17.1 Å². The van der Waals surface area contributed by atoms with Crippen LogP contribution in [0.3, 0.4) is 0 Å². The van der Waals surface area contributed by atoms with E-state index >= 15 is 0 Å². The van der Waals surface area contributed by atoms with Crippen LogP contribution >= 0.6 is 0 Å². The first-order valence-electron chi connectivity index (χ1n) is 6.06. The predicted octanol–water partition coefficient (Wildman–Crippen LogP) is 1.11. The number of nitrogens with one attached hydrogen (secondary N) is 1. The maximum Gasteiger partial charge on any atom is 0.0474 e. The number of aliphatic hydroxyl groups is 1. The first-order valence-corrected chi connectivity index (χ1v) is 6.06. The first kappa shape index (κ1) is 12.9. The molecule has 0 heterocycles. The average Bonchev–Trinajstić information content (AvgIpc) is 2.59. The van der Waals surface area contributed by atoms with Crippen molar-refractivity contribution in [2.45, 2.75) is 52.1 Å². The average molecular weight is 214 g/mol. The van der Waals surface area contributed by atoms with E-state index in [9.17, 15) is 5.11 Å². The van der Waals surface area contributed by atoms with E-state index in [1.165, 1.54) is 12.8 Å². The highest BCUT2D eigenvalue weighted by Gasteiger charge is 2.31. The third kappa shape index (κ3) is 3.44. The molecule has 0 radical (unpaired) electrons. The maximum atomic E-state index is 9.25. The number of nitrogens with two attached hydrogens (primary N) is 1. The van der Waals surface area contributed by atoms with Gasteiger partial charge in [-0.15, -0.1) is 0 Å². The minimum atomic E-state index is 0.192. The Hall–Kier alpha value is -0.120. The lowest BCUT2D eigenvalue weighted by Gasteiger charge is -2.34. The molecule has 1 rings (SSSR count). The number of hydrogen-bond donors (Lipinski definition) is 3. The summed E-state index contributed by atoms with van der Waals surface area (Å²) in [5.41, 5.74) is 5.99. The van der Waals surface area contributed by atoms with E-state index in [4.69, 9.17) is 5.73 Å². The molecule has 0 aromatic carbocycles. The third-order valence-electron chi connectivity index (χ3n) is 3.59. The Morgan fingerprint density at radius 2 is 2.07 bits per heavy atom. The highest BCUT2D eigenvalue weighted by Crippen LogP contribution is 2.28. The summed E-state index contributed by atoms with van der Waals surface area (Å²) in [6, 6.07) is 0.803. The van der Waals surface area contributed by atoms with Crippen molar-refractivity contribution < 1.29 is 5.11 Å². The van der Waals surface area contributed by atoms with E-state index < -0.39 is 0 Å². The van der Waals surface area contributed by atoms with Gasteiger partial charge < -0.3 is 16.2 Å². The third-order valence-corrected chi connectivity index (χ3v) is 3.59. The number of aliphatic hydroxyl groups excluding tert-OH is 1. The molecule has 0 aromatic heterocycles. The molecule has 1 saturated carbocycles. The lowest BCUT2D eigenvalue weighted by Crippen LogP contribution is -2.51. The molecule has 4 N–H and O–H groups in total. The van der Waals surface area contributed by atoms with E-state index in [1.54, 1.807) is 0 Å². The van der Waals surface area contributed by atoms with Gasteiger partial charge in [0.25, 0.3) is 0 Å². The van der Waals surface area contributed by atoms with Gasteiger partial charge in [0, 0.05) is 25.2 Å². The normalized spacial score (nSPS) is 29.4. The standard InChI is InChI=1S/C12H26N2O/c1-12(2,3)11(7-13)14-10-6-4-5-9(10)8-15/h9-11,14-15H,4-8,13H2,1-3H3. The fourth-order valence-electron chi connectivity index (χ4n) is 2.40. The van der Waals surface area contributed by atoms with Gasteiger partial charge in [-0.25, -0.2) is 0 Å². The van der Waals surface area contributed by atoms with E-state index in [2.05, 4.69) is 26.1 Å². The molecule has 3 unspecified atom stereocenters. The Bertz CT molecular complexity index is 189. The molecule has 0 aromatic rings. The van der Waals surface area contributed by atoms with Gasteiger partial charge in [-0.1, -0.05) is 27.2 Å². The quantitative estimate of drug-likeness (QED) is 0.657. The topological polar surface area (TPSA) is 58.3 Å². The Labute approximate surface area is 93.4 Å². The second-order valence-electron chi connectivity index (χ2n) is 5.80. The van der Waals surface area contributed by atoms with Crippen LogP contribution in [0.25, 0.3) is 0 Å². The second kappa shape index (κ2) is 5.28. The smallest absolute Gasteiger partial charge is 0.0474 e. The summed E-state index contributed by atoms with van der Waals surface area (Å²) in [4.78, 5) is 0. The van der Waals surface area contributed by atoms with Crippen molar-refractivity contribution in [1.82, 2.24) is 5.32 Å². The first-order chi connectivity index (χ1) is 6.99. The van der Waals surface area contributed by atoms with Crippen LogP contribution in [0.15, 0.2) is 0 Å². The van der Waals surface area contributed by atoms with Crippen molar-refractivity contribution >= 4 is 0 Å². The minimum absolute atomic E-state index is 0.192. The van der Waals surface area contributed by atoms with Gasteiger partial charge >= 0.3 is 0 Å². The van der Waals surface area contributed by atoms with E-state index in [-0.39, 0.29) is 5.41 Å². The summed E-state index contributed by atoms with van der Waals surface area (Å²) >= 11 is 0. The van der Waals surface area contributed by atoms with E-state index in [0.717, 1.165) is 6.42 Å². The molecule has 0 saturated heterocycles. The minimum Gasteiger partial charge on any atom is -0.396 e. The van der Waals surface area contributed by atoms with Crippen molar-refractivity contribution in [3.63, 3.8) is 0 Å². The molecule has 0 amide bonds. The lowest BCUT2D eigenvalue weighted by molar-refractivity contribution is 0.177. The molecule has 3 heteroatoms. The molecular formula is C12H26N2O. The molecule has 15 heavy (non-hydrogen) atoms. The molecular weight excluding hydrogens is 188 g/mol. The SMILES string of the molecule is CC(C)(C)C(CN)NC1CCCC1CO. The van der Waals surface area contributed by atoms with Gasteiger partial charge in [-0.3, -0.25) is 0 Å². The summed E-state index contributed by atoms with van der Waals surface area (Å²) in [5, 5.41) is 12.9. The van der Waals surface area contributed by atoms with Crippen LogP contribution in [0.1, 0.15) is 40.0 Å². The van der Waals surface area contributed by atoms with E-state index in [1.807, 2.05) is 0 Å². The van der Waals surface area contributed by atoms with Gasteiger partial charge in [0.05, 0.1) is 0 Å². The zero-order valence-electron chi connectivity index (χ0n) is 10.3. The Balaban J connectivity index is 2.51. The Kier molecular flexibility index (Phi) is 4.56. The van der Waals surface area contributed by atoms with Crippen LogP contribution < -0.4 is 11.1 Å². The van der Waals surface area contributed by atoms with Crippen molar-refractivity contribution in [1.29, 1.82) is 0 Å². The van der Waals surface area contributed by atoms with Crippen LogP contribution in [0.4, 0.5) is 0 Å². The summed E-state index contributed by atoms with van der Waals surface area (Å²) in [6.07, 6.45) is 3.55. The van der Waals surface area contributed by atoms with Crippen LogP contribution in [-0.2, 0) is 0 Å². The molecule has 1 aliphatic carbocycles. The van der Waals surface area contributed by atoms with Crippen LogP contribution in [0, 0.1) is 11.3 Å². The summed E-state index contributed by atoms with van der Waals surface area (Å²) < 4.78 is 0. The zero-order valence-corrected chi connectivity index (χ0v) is 10.3. The van der Waals surface area contributed by atoms with E-state index in [0.29, 0.717) is 31.2 Å². The summed E-state index contributed by atoms with van der Waals surface area (Å²) in [5.74, 6) is 0.432. The molecule has 0 bridgehead atoms. The van der Waals surface area contributed by atoms with Gasteiger partial charge in [0.1, 0.15) is 0 Å². The van der Waals surface area contributed by atoms with Crippen molar-refractivity contribution in [2.75, 3.05) is 13.2 Å². The van der Waals surface area contributed by atoms with Crippen molar-refractivity contribution in [3.8, 4) is 0 Å². The Morgan fingerprint density at radius 3 is 2.53 bits per heavy atom. The Morgan fingerprint density at radius 1 is 1.40 bits per heavy atom. The zero-order chi connectivity index (χ0) is 11.5. The molecule has 3 atom stereocenters. The van der Waals surface area contributed by atoms with Crippen LogP contribution in [0.5, 0.6) is 0 Å². The molecule has 1 fully saturated rings. The number of rotatable bonds is 4. The molecule has 1 aliphatic rings. The van der Waals surface area contributed by atoms with Gasteiger partial charge in [-0.05, 0) is 24.2 Å². The number of hydrogen-bond acceptors (Lipinski definition) is 3. The molecule has 90 valence electrons. The van der Waals surface area contributed by atoms with Gasteiger partial charge in [-0.2, -0.15) is 0 Å². The molecule has 0 aliphatic heterocycles. The lowest BCUT2D eigenvalue weighted by atomic mass is 9.85. The highest BCUT2D eigenvalue weighted by atomic mass is 16.3. The monoisotopic (exact) mass is 214 g/mol. The second-order valence-corrected chi connectivity index (χ2v) is 5.80. The fraction of sp³-hybridized carbons (Fsp3) is 1.00. The summed E-state index contributed by atoms with van der Waals surface area (Å²) in [6.45, 7) is 7.60. The van der Waals surface area contributed by atoms with Crippen LogP contribution in [0.2, 0.25) is 0 Å². The fourth-order valence-corrected chi connectivity index (χ4v) is 2.40. The predicted molar refractivity (Wildman–Crippen MR) is 63.6 cm³/mol. The highest BCUT2D eigenvalue weighted by molar-refractivity contribution is 4.89. The largest absolute Gasteiger partial charge is 0.396 e. The van der Waals surface area contributed by atoms with Crippen LogP contribution in [-0.4, -0.2) is 30.3 Å². The summed E-state index contributed by atoms with van der Waals surface area (Å²) in [7, 11) is 0.